The quantitative estimate of drug-likeness (QED) is 0.849. The molecule has 0 aliphatic carbocycles. The maximum absolute atomic E-state index is 12.1. The van der Waals surface area contributed by atoms with Crippen LogP contribution in [-0.4, -0.2) is 21.5 Å². The van der Waals surface area contributed by atoms with E-state index in [9.17, 15) is 4.79 Å². The van der Waals surface area contributed by atoms with Gasteiger partial charge in [-0.25, -0.2) is 9.78 Å². The Balaban J connectivity index is 2.36. The molecule has 0 spiro atoms. The van der Waals surface area contributed by atoms with E-state index in [2.05, 4.69) is 9.97 Å². The van der Waals surface area contributed by atoms with Gasteiger partial charge in [-0.3, -0.25) is 0 Å². The third-order valence-corrected chi connectivity index (χ3v) is 2.88. The third kappa shape index (κ3) is 3.07. The minimum absolute atomic E-state index is 0.346. The highest BCUT2D eigenvalue weighted by Crippen LogP contribution is 2.22. The molecule has 2 aromatic rings. The van der Waals surface area contributed by atoms with Crippen molar-refractivity contribution in [1.29, 1.82) is 0 Å². The molecule has 0 amide bonds. The van der Waals surface area contributed by atoms with Crippen LogP contribution >= 0.6 is 0 Å². The van der Waals surface area contributed by atoms with Gasteiger partial charge in [-0.05, 0) is 40.2 Å². The van der Waals surface area contributed by atoms with Gasteiger partial charge in [0.05, 0.1) is 0 Å². The van der Waals surface area contributed by atoms with E-state index >= 15 is 0 Å². The van der Waals surface area contributed by atoms with Gasteiger partial charge in [0.15, 0.2) is 5.69 Å². The standard InChI is InChI=1S/C16H20N2O2/c1-10-8-6-7-9-12(10)14-17-11(2)13(18-14)15(19)20-16(3,4)5/h6-9H,1-5H3,(H,17,18). The van der Waals surface area contributed by atoms with E-state index in [-0.39, 0.29) is 0 Å². The molecule has 0 radical (unpaired) electrons. The average Bonchev–Trinajstić information content (AvgIpc) is 2.69. The lowest BCUT2D eigenvalue weighted by atomic mass is 10.1. The van der Waals surface area contributed by atoms with Crippen molar-refractivity contribution in [3.8, 4) is 11.4 Å². The summed E-state index contributed by atoms with van der Waals surface area (Å²) in [5, 5.41) is 0. The molecule has 0 aliphatic heterocycles. The van der Waals surface area contributed by atoms with E-state index in [1.165, 1.54) is 0 Å². The molecule has 4 heteroatoms. The van der Waals surface area contributed by atoms with Gasteiger partial charge in [-0.2, -0.15) is 0 Å². The Kier molecular flexibility index (Phi) is 3.66. The first-order chi connectivity index (χ1) is 9.28. The van der Waals surface area contributed by atoms with Crippen LogP contribution in [0.15, 0.2) is 24.3 Å². The summed E-state index contributed by atoms with van der Waals surface area (Å²) >= 11 is 0. The number of aromatic nitrogens is 2. The Hall–Kier alpha value is -2.10. The molecule has 4 nitrogen and oxygen atoms in total. The molecule has 1 N–H and O–H groups in total. The molecule has 1 aromatic heterocycles. The van der Waals surface area contributed by atoms with Crippen molar-refractivity contribution < 1.29 is 9.53 Å². The molecule has 20 heavy (non-hydrogen) atoms. The van der Waals surface area contributed by atoms with Crippen LogP contribution in [0, 0.1) is 13.8 Å². The van der Waals surface area contributed by atoms with Crippen LogP contribution in [0.3, 0.4) is 0 Å². The van der Waals surface area contributed by atoms with E-state index in [0.29, 0.717) is 11.5 Å². The van der Waals surface area contributed by atoms with Crippen molar-refractivity contribution in [2.24, 2.45) is 0 Å². The molecule has 0 saturated heterocycles. The maximum Gasteiger partial charge on any atom is 0.359 e. The number of aromatic amines is 1. The van der Waals surface area contributed by atoms with Gasteiger partial charge in [0, 0.05) is 11.3 Å². The average molecular weight is 272 g/mol. The Labute approximate surface area is 119 Å². The number of hydrogen-bond acceptors (Lipinski definition) is 3. The van der Waals surface area contributed by atoms with Crippen LogP contribution in [0.4, 0.5) is 0 Å². The summed E-state index contributed by atoms with van der Waals surface area (Å²) < 4.78 is 5.36. The predicted octanol–water partition coefficient (Wildman–Crippen LogP) is 3.65. The fourth-order valence-corrected chi connectivity index (χ4v) is 1.95. The van der Waals surface area contributed by atoms with Gasteiger partial charge in [0.25, 0.3) is 0 Å². The van der Waals surface area contributed by atoms with Crippen LogP contribution in [0.1, 0.15) is 42.5 Å². The molecule has 0 aliphatic rings. The van der Waals surface area contributed by atoms with Crippen molar-refractivity contribution in [2.75, 3.05) is 0 Å². The van der Waals surface area contributed by atoms with E-state index in [1.54, 1.807) is 0 Å². The fraction of sp³-hybridized carbons (Fsp3) is 0.375. The first kappa shape index (κ1) is 14.3. The van der Waals surface area contributed by atoms with Gasteiger partial charge < -0.3 is 9.72 Å². The van der Waals surface area contributed by atoms with Crippen molar-refractivity contribution >= 4 is 5.97 Å². The predicted molar refractivity (Wildman–Crippen MR) is 78.7 cm³/mol. The molecular formula is C16H20N2O2. The summed E-state index contributed by atoms with van der Waals surface area (Å²) in [5.74, 6) is 0.299. The number of imidazole rings is 1. The van der Waals surface area contributed by atoms with Gasteiger partial charge in [0.1, 0.15) is 11.4 Å². The highest BCUT2D eigenvalue weighted by atomic mass is 16.6. The van der Waals surface area contributed by atoms with Crippen LogP contribution in [0.25, 0.3) is 11.4 Å². The summed E-state index contributed by atoms with van der Waals surface area (Å²) in [6.45, 7) is 9.37. The number of H-pyrrole nitrogens is 1. The first-order valence-electron chi connectivity index (χ1n) is 6.64. The van der Waals surface area contributed by atoms with Crippen LogP contribution < -0.4 is 0 Å². The molecule has 0 unspecified atom stereocenters. The van der Waals surface area contributed by atoms with E-state index in [4.69, 9.17) is 4.74 Å². The number of carbonyl (C=O) groups is 1. The van der Waals surface area contributed by atoms with Gasteiger partial charge in [0.2, 0.25) is 0 Å². The molecule has 0 fully saturated rings. The van der Waals surface area contributed by atoms with Gasteiger partial charge >= 0.3 is 5.97 Å². The Morgan fingerprint density at radius 2 is 1.85 bits per heavy atom. The Bertz CT molecular complexity index is 636. The number of ether oxygens (including phenoxy) is 1. The zero-order valence-corrected chi connectivity index (χ0v) is 12.6. The van der Waals surface area contributed by atoms with E-state index in [0.717, 1.165) is 16.8 Å². The second kappa shape index (κ2) is 5.12. The molecule has 1 aromatic carbocycles. The SMILES string of the molecule is Cc1ccccc1-c1nc(C(=O)OC(C)(C)C)c(C)[nH]1. The van der Waals surface area contributed by atoms with Crippen LogP contribution in [0.5, 0.6) is 0 Å². The molecule has 1 heterocycles. The van der Waals surface area contributed by atoms with E-state index < -0.39 is 11.6 Å². The van der Waals surface area contributed by atoms with Crippen LogP contribution in [-0.2, 0) is 4.74 Å². The summed E-state index contributed by atoms with van der Waals surface area (Å²) in [5.41, 5.74) is 2.64. The smallest absolute Gasteiger partial charge is 0.359 e. The van der Waals surface area contributed by atoms with E-state index in [1.807, 2.05) is 58.9 Å². The first-order valence-corrected chi connectivity index (χ1v) is 6.64. The number of benzene rings is 1. The minimum Gasteiger partial charge on any atom is -0.455 e. The number of nitrogens with zero attached hydrogens (tertiary/aromatic N) is 1. The largest absolute Gasteiger partial charge is 0.455 e. The lowest BCUT2D eigenvalue weighted by molar-refractivity contribution is 0.00627. The van der Waals surface area contributed by atoms with Crippen molar-refractivity contribution in [3.05, 3.63) is 41.2 Å². The monoisotopic (exact) mass is 272 g/mol. The molecule has 0 bridgehead atoms. The summed E-state index contributed by atoms with van der Waals surface area (Å²) in [4.78, 5) is 19.7. The highest BCUT2D eigenvalue weighted by Gasteiger charge is 2.22. The number of esters is 1. The maximum atomic E-state index is 12.1. The third-order valence-electron chi connectivity index (χ3n) is 2.88. The number of aryl methyl sites for hydroxylation is 2. The fourth-order valence-electron chi connectivity index (χ4n) is 1.95. The molecular weight excluding hydrogens is 252 g/mol. The number of hydrogen-bond donors (Lipinski definition) is 1. The summed E-state index contributed by atoms with van der Waals surface area (Å²) in [6, 6.07) is 7.92. The van der Waals surface area contributed by atoms with Crippen LogP contribution in [0.2, 0.25) is 0 Å². The number of carbonyl (C=O) groups excluding carboxylic acids is 1. The normalized spacial score (nSPS) is 11.4. The number of rotatable bonds is 2. The number of nitrogens with one attached hydrogen (secondary N) is 1. The van der Waals surface area contributed by atoms with Crippen molar-refractivity contribution in [2.45, 2.75) is 40.2 Å². The zero-order chi connectivity index (χ0) is 14.9. The molecule has 2 rings (SSSR count). The second-order valence-electron chi connectivity index (χ2n) is 5.88. The zero-order valence-electron chi connectivity index (χ0n) is 12.6. The summed E-state index contributed by atoms with van der Waals surface area (Å²) in [7, 11) is 0. The van der Waals surface area contributed by atoms with Gasteiger partial charge in [-0.1, -0.05) is 24.3 Å². The topological polar surface area (TPSA) is 55.0 Å². The lowest BCUT2D eigenvalue weighted by Crippen LogP contribution is -2.24. The molecule has 0 saturated carbocycles. The molecule has 0 atom stereocenters. The van der Waals surface area contributed by atoms with Crippen molar-refractivity contribution in [1.82, 2.24) is 9.97 Å². The summed E-state index contributed by atoms with van der Waals surface area (Å²) in [6.07, 6.45) is 0. The van der Waals surface area contributed by atoms with Crippen molar-refractivity contribution in [3.63, 3.8) is 0 Å². The molecule has 106 valence electrons. The minimum atomic E-state index is -0.523. The highest BCUT2D eigenvalue weighted by molar-refractivity contribution is 5.89. The lowest BCUT2D eigenvalue weighted by Gasteiger charge is -2.18. The van der Waals surface area contributed by atoms with Gasteiger partial charge in [-0.15, -0.1) is 0 Å². The Morgan fingerprint density at radius 3 is 2.45 bits per heavy atom. The Morgan fingerprint density at radius 1 is 1.20 bits per heavy atom. The second-order valence-corrected chi connectivity index (χ2v) is 5.88.